The Balaban J connectivity index is 2.84. The lowest BCUT2D eigenvalue weighted by molar-refractivity contribution is 0.186. The van der Waals surface area contributed by atoms with Crippen LogP contribution in [0.25, 0.3) is 0 Å². The molecule has 0 aromatic rings. The van der Waals surface area contributed by atoms with Crippen LogP contribution in [0.3, 0.4) is 0 Å². The first kappa shape index (κ1) is 9.99. The Bertz CT molecular complexity index is 91.3. The van der Waals surface area contributed by atoms with Crippen LogP contribution < -0.4 is 0 Å². The van der Waals surface area contributed by atoms with Crippen molar-refractivity contribution < 1.29 is 5.11 Å². The molecule has 0 atom stereocenters. The Morgan fingerprint density at radius 3 is 2.30 bits per heavy atom. The van der Waals surface area contributed by atoms with Crippen LogP contribution >= 0.6 is 11.6 Å². The Morgan fingerprint density at radius 1 is 1.20 bits per heavy atom. The van der Waals surface area contributed by atoms with Crippen LogP contribution in [0, 0.1) is 0 Å². The van der Waals surface area contributed by atoms with Crippen molar-refractivity contribution in [3.05, 3.63) is 11.6 Å². The highest BCUT2D eigenvalue weighted by molar-refractivity contribution is 6.29. The lowest BCUT2D eigenvalue weighted by Crippen LogP contribution is -1.81. The summed E-state index contributed by atoms with van der Waals surface area (Å²) in [4.78, 5) is 0. The van der Waals surface area contributed by atoms with Crippen LogP contribution in [0.5, 0.6) is 0 Å². The van der Waals surface area contributed by atoms with Crippen molar-refractivity contribution in [2.45, 2.75) is 32.1 Å². The number of hydrogen-bond donors (Lipinski definition) is 0. The number of rotatable bonds is 6. The molecule has 59 valence electrons. The molecule has 0 bridgehead atoms. The fourth-order valence-corrected chi connectivity index (χ4v) is 0.906. The van der Waals surface area contributed by atoms with Gasteiger partial charge in [0.1, 0.15) is 0 Å². The molecule has 2 heteroatoms. The molecular weight excluding hydrogens is 148 g/mol. The van der Waals surface area contributed by atoms with Gasteiger partial charge in [-0.3, -0.25) is 0 Å². The summed E-state index contributed by atoms with van der Waals surface area (Å²) in [6.45, 7) is 3.63. The number of unbranched alkanes of at least 4 members (excludes halogenated alkanes) is 3. The third-order valence-electron chi connectivity index (χ3n) is 1.34. The molecular formula is C8H14ClO. The molecule has 0 aromatic heterocycles. The molecule has 0 N–H and O–H groups in total. The van der Waals surface area contributed by atoms with Gasteiger partial charge >= 0.3 is 0 Å². The van der Waals surface area contributed by atoms with E-state index in [1.807, 2.05) is 0 Å². The van der Waals surface area contributed by atoms with Gasteiger partial charge in [0.15, 0.2) is 0 Å². The second kappa shape index (κ2) is 7.10. The second-order valence-corrected chi connectivity index (χ2v) is 2.92. The van der Waals surface area contributed by atoms with Crippen LogP contribution in [-0.2, 0) is 5.11 Å². The van der Waals surface area contributed by atoms with E-state index in [2.05, 4.69) is 6.58 Å². The normalized spacial score (nSPS) is 9.80. The molecule has 1 nitrogen and oxygen atoms in total. The molecule has 0 amide bonds. The molecule has 0 unspecified atom stereocenters. The zero-order valence-corrected chi connectivity index (χ0v) is 6.99. The first-order chi connectivity index (χ1) is 4.77. The first-order valence-corrected chi connectivity index (χ1v) is 4.06. The zero-order chi connectivity index (χ0) is 7.82. The van der Waals surface area contributed by atoms with Gasteiger partial charge in [-0.2, -0.15) is 0 Å². The van der Waals surface area contributed by atoms with Crippen molar-refractivity contribution >= 4 is 11.6 Å². The minimum atomic E-state index is 0.0574. The predicted octanol–water partition coefficient (Wildman–Crippen LogP) is 3.12. The van der Waals surface area contributed by atoms with Crippen LogP contribution in [0.15, 0.2) is 11.6 Å². The first-order valence-electron chi connectivity index (χ1n) is 3.68. The highest BCUT2D eigenvalue weighted by Gasteiger charge is 1.90. The molecule has 0 saturated carbocycles. The van der Waals surface area contributed by atoms with Gasteiger partial charge in [0.05, 0.1) is 6.61 Å². The van der Waals surface area contributed by atoms with Crippen LogP contribution in [0.2, 0.25) is 0 Å². The predicted molar refractivity (Wildman–Crippen MR) is 43.6 cm³/mol. The molecule has 0 aliphatic heterocycles. The van der Waals surface area contributed by atoms with Gasteiger partial charge in [0.25, 0.3) is 0 Å². The molecule has 0 rings (SSSR count). The topological polar surface area (TPSA) is 19.9 Å². The summed E-state index contributed by atoms with van der Waals surface area (Å²) in [5.74, 6) is 0. The van der Waals surface area contributed by atoms with Crippen LogP contribution in [-0.4, -0.2) is 6.61 Å². The summed E-state index contributed by atoms with van der Waals surface area (Å²) >= 11 is 5.53. The molecule has 0 fully saturated rings. The highest BCUT2D eigenvalue weighted by Crippen LogP contribution is 2.10. The molecule has 1 radical (unpaired) electrons. The van der Waals surface area contributed by atoms with Crippen molar-refractivity contribution in [3.63, 3.8) is 0 Å². The van der Waals surface area contributed by atoms with E-state index in [1.54, 1.807) is 0 Å². The maximum absolute atomic E-state index is 9.98. The fraction of sp³-hybridized carbons (Fsp3) is 0.750. The second-order valence-electron chi connectivity index (χ2n) is 2.39. The third kappa shape index (κ3) is 7.99. The summed E-state index contributed by atoms with van der Waals surface area (Å²) in [5, 5.41) is 10.7. The number of halogens is 1. The van der Waals surface area contributed by atoms with E-state index in [-0.39, 0.29) is 6.61 Å². The number of allylic oxidation sites excluding steroid dienone is 1. The van der Waals surface area contributed by atoms with Crippen LogP contribution in [0.4, 0.5) is 0 Å². The van der Waals surface area contributed by atoms with Crippen molar-refractivity contribution in [3.8, 4) is 0 Å². The van der Waals surface area contributed by atoms with E-state index in [0.717, 1.165) is 37.1 Å². The minimum Gasteiger partial charge on any atom is -0.237 e. The van der Waals surface area contributed by atoms with E-state index in [9.17, 15) is 5.11 Å². The lowest BCUT2D eigenvalue weighted by atomic mass is 10.1. The molecule has 0 spiro atoms. The maximum atomic E-state index is 9.98. The average Bonchev–Trinajstić information content (AvgIpc) is 1.87. The van der Waals surface area contributed by atoms with Gasteiger partial charge < -0.3 is 0 Å². The lowest BCUT2D eigenvalue weighted by Gasteiger charge is -1.96. The van der Waals surface area contributed by atoms with Gasteiger partial charge in [-0.05, 0) is 19.3 Å². The Kier molecular flexibility index (Phi) is 7.09. The van der Waals surface area contributed by atoms with Gasteiger partial charge in [0.2, 0.25) is 0 Å². The molecule has 0 aliphatic rings. The molecule has 0 heterocycles. The SMILES string of the molecule is C=C(Cl)CCCCCC[O]. The Labute approximate surface area is 67.7 Å². The van der Waals surface area contributed by atoms with Crippen molar-refractivity contribution in [1.29, 1.82) is 0 Å². The van der Waals surface area contributed by atoms with Gasteiger partial charge in [0, 0.05) is 5.03 Å². The maximum Gasteiger partial charge on any atom is 0.0822 e. The van der Waals surface area contributed by atoms with Crippen molar-refractivity contribution in [2.24, 2.45) is 0 Å². The summed E-state index contributed by atoms with van der Waals surface area (Å²) in [5.41, 5.74) is 0. The quantitative estimate of drug-likeness (QED) is 0.534. The third-order valence-corrected chi connectivity index (χ3v) is 1.53. The van der Waals surface area contributed by atoms with E-state index >= 15 is 0 Å². The van der Waals surface area contributed by atoms with Gasteiger partial charge in [-0.25, -0.2) is 5.11 Å². The van der Waals surface area contributed by atoms with E-state index in [1.165, 1.54) is 0 Å². The van der Waals surface area contributed by atoms with E-state index in [4.69, 9.17) is 11.6 Å². The average molecular weight is 162 g/mol. The molecule has 0 saturated heterocycles. The minimum absolute atomic E-state index is 0.0574. The molecule has 10 heavy (non-hydrogen) atoms. The van der Waals surface area contributed by atoms with Gasteiger partial charge in [-0.1, -0.05) is 31.0 Å². The fourth-order valence-electron chi connectivity index (χ4n) is 0.772. The standard InChI is InChI=1S/C8H14ClO/c1-8(9)6-4-2-3-5-7-10/h1-7H2. The van der Waals surface area contributed by atoms with Crippen molar-refractivity contribution in [2.75, 3.05) is 6.61 Å². The molecule has 0 aliphatic carbocycles. The summed E-state index contributed by atoms with van der Waals surface area (Å²) < 4.78 is 0. The van der Waals surface area contributed by atoms with E-state index < -0.39 is 0 Å². The molecule has 0 aromatic carbocycles. The van der Waals surface area contributed by atoms with Crippen LogP contribution in [0.1, 0.15) is 32.1 Å². The Hall–Kier alpha value is -0.0100. The monoisotopic (exact) mass is 161 g/mol. The zero-order valence-electron chi connectivity index (χ0n) is 6.24. The summed E-state index contributed by atoms with van der Waals surface area (Å²) in [6.07, 6.45) is 4.90. The highest BCUT2D eigenvalue weighted by atomic mass is 35.5. The summed E-state index contributed by atoms with van der Waals surface area (Å²) in [6, 6.07) is 0. The van der Waals surface area contributed by atoms with E-state index in [0.29, 0.717) is 0 Å². The Morgan fingerprint density at radius 2 is 1.80 bits per heavy atom. The summed E-state index contributed by atoms with van der Waals surface area (Å²) in [7, 11) is 0. The smallest absolute Gasteiger partial charge is 0.0822 e. The van der Waals surface area contributed by atoms with Crippen molar-refractivity contribution in [1.82, 2.24) is 0 Å². The largest absolute Gasteiger partial charge is 0.237 e. The van der Waals surface area contributed by atoms with Gasteiger partial charge in [-0.15, -0.1) is 0 Å². The number of hydrogen-bond acceptors (Lipinski definition) is 0.